The third kappa shape index (κ3) is 4.17. The topological polar surface area (TPSA) is 115 Å². The summed E-state index contributed by atoms with van der Waals surface area (Å²) >= 11 is 0. The number of pyridine rings is 3. The maximum atomic E-state index is 13.0. The molecule has 3 aromatic heterocycles. The van der Waals surface area contributed by atoms with Crippen LogP contribution in [-0.4, -0.2) is 19.9 Å². The maximum Gasteiger partial charge on any atom is 0.433 e. The molecular weight excluding hydrogens is 403 g/mol. The van der Waals surface area contributed by atoms with Crippen molar-refractivity contribution in [2.24, 2.45) is 0 Å². The normalized spacial score (nSPS) is 11.1. The minimum absolute atomic E-state index is 0.0999. The van der Waals surface area contributed by atoms with Gasteiger partial charge in [0.15, 0.2) is 5.75 Å². The van der Waals surface area contributed by atoms with Crippen molar-refractivity contribution in [1.82, 2.24) is 15.0 Å². The van der Waals surface area contributed by atoms with Crippen molar-refractivity contribution in [2.75, 3.05) is 0 Å². The monoisotopic (exact) mass is 415 g/mol. The zero-order valence-corrected chi connectivity index (χ0v) is 15.6. The Morgan fingerprint density at radius 2 is 1.90 bits per heavy atom. The van der Waals surface area contributed by atoms with E-state index in [0.29, 0.717) is 5.56 Å². The molecule has 0 amide bonds. The highest BCUT2D eigenvalue weighted by Crippen LogP contribution is 2.36. The second-order valence-electron chi connectivity index (χ2n) is 6.19. The summed E-state index contributed by atoms with van der Waals surface area (Å²) in [6, 6.07) is 7.01. The summed E-state index contributed by atoms with van der Waals surface area (Å²) in [5.41, 5.74) is -0.964. The SMILES string of the molecule is Cc1cc(Oc2nc(-c3cncc(C#N)c3)ccc2[N+](=O)[O-])c(C)nc1C(F)(F)F. The number of aromatic nitrogens is 3. The second-order valence-corrected chi connectivity index (χ2v) is 6.19. The predicted molar refractivity (Wildman–Crippen MR) is 97.6 cm³/mol. The molecule has 0 unspecified atom stereocenters. The molecule has 0 N–H and O–H groups in total. The molecular formula is C19H12F3N5O3. The van der Waals surface area contributed by atoms with Crippen molar-refractivity contribution in [3.8, 4) is 29.0 Å². The Bertz CT molecular complexity index is 1190. The van der Waals surface area contributed by atoms with Gasteiger partial charge < -0.3 is 4.74 Å². The van der Waals surface area contributed by atoms with Crippen molar-refractivity contribution in [2.45, 2.75) is 20.0 Å². The second kappa shape index (κ2) is 7.75. The van der Waals surface area contributed by atoms with Crippen LogP contribution in [0.2, 0.25) is 0 Å². The number of nitriles is 1. The van der Waals surface area contributed by atoms with Crippen LogP contribution in [0.25, 0.3) is 11.3 Å². The molecule has 0 aliphatic carbocycles. The minimum Gasteiger partial charge on any atom is -0.432 e. The Labute approximate surface area is 167 Å². The molecule has 0 bridgehead atoms. The van der Waals surface area contributed by atoms with Gasteiger partial charge in [0, 0.05) is 24.0 Å². The van der Waals surface area contributed by atoms with Gasteiger partial charge in [0.1, 0.15) is 11.8 Å². The smallest absolute Gasteiger partial charge is 0.432 e. The van der Waals surface area contributed by atoms with Gasteiger partial charge in [0.25, 0.3) is 5.88 Å². The molecule has 0 aromatic carbocycles. The maximum absolute atomic E-state index is 13.0. The highest BCUT2D eigenvalue weighted by atomic mass is 19.4. The standard InChI is InChI=1S/C19H12F3N5O3/c1-10-5-16(11(2)25-17(10)19(20,21)22)30-18-15(27(28)29)4-3-14(26-18)13-6-12(7-23)8-24-9-13/h3-6,8-9H,1-2H3. The molecule has 8 nitrogen and oxygen atoms in total. The number of hydrogen-bond acceptors (Lipinski definition) is 7. The van der Waals surface area contributed by atoms with E-state index in [1.807, 2.05) is 6.07 Å². The number of nitro groups is 1. The van der Waals surface area contributed by atoms with Gasteiger partial charge in [-0.1, -0.05) is 0 Å². The van der Waals surface area contributed by atoms with Crippen LogP contribution in [0.1, 0.15) is 22.5 Å². The molecule has 0 saturated carbocycles. The van der Waals surface area contributed by atoms with Gasteiger partial charge in [-0.3, -0.25) is 15.1 Å². The van der Waals surface area contributed by atoms with Crippen LogP contribution in [-0.2, 0) is 6.18 Å². The van der Waals surface area contributed by atoms with E-state index in [1.165, 1.54) is 38.4 Å². The van der Waals surface area contributed by atoms with Crippen LogP contribution < -0.4 is 4.74 Å². The van der Waals surface area contributed by atoms with Crippen LogP contribution in [0.3, 0.4) is 0 Å². The third-order valence-electron chi connectivity index (χ3n) is 4.03. The molecule has 0 saturated heterocycles. The largest absolute Gasteiger partial charge is 0.433 e. The van der Waals surface area contributed by atoms with E-state index in [4.69, 9.17) is 10.00 Å². The van der Waals surface area contributed by atoms with E-state index < -0.39 is 28.4 Å². The predicted octanol–water partition coefficient (Wildman–Crippen LogP) is 4.75. The summed E-state index contributed by atoms with van der Waals surface area (Å²) in [7, 11) is 0. The number of rotatable bonds is 4. The lowest BCUT2D eigenvalue weighted by atomic mass is 10.1. The average Bonchev–Trinajstić information content (AvgIpc) is 2.69. The molecule has 30 heavy (non-hydrogen) atoms. The van der Waals surface area contributed by atoms with E-state index in [0.717, 1.165) is 12.1 Å². The molecule has 0 aliphatic rings. The first-order valence-corrected chi connectivity index (χ1v) is 8.34. The molecule has 0 radical (unpaired) electrons. The van der Waals surface area contributed by atoms with Gasteiger partial charge >= 0.3 is 11.9 Å². The highest BCUT2D eigenvalue weighted by Gasteiger charge is 2.35. The lowest BCUT2D eigenvalue weighted by Gasteiger charge is -2.14. The lowest BCUT2D eigenvalue weighted by molar-refractivity contribution is -0.386. The summed E-state index contributed by atoms with van der Waals surface area (Å²) < 4.78 is 44.6. The van der Waals surface area contributed by atoms with Crippen molar-refractivity contribution >= 4 is 5.69 Å². The third-order valence-corrected chi connectivity index (χ3v) is 4.03. The molecule has 0 fully saturated rings. The molecule has 0 atom stereocenters. The van der Waals surface area contributed by atoms with Gasteiger partial charge in [-0.25, -0.2) is 9.97 Å². The van der Waals surface area contributed by atoms with Crippen molar-refractivity contribution in [1.29, 1.82) is 5.26 Å². The summed E-state index contributed by atoms with van der Waals surface area (Å²) in [5, 5.41) is 20.4. The Hall–Kier alpha value is -4.07. The van der Waals surface area contributed by atoms with Crippen LogP contribution >= 0.6 is 0 Å². The van der Waals surface area contributed by atoms with E-state index >= 15 is 0 Å². The quantitative estimate of drug-likeness (QED) is 0.446. The number of aryl methyl sites for hydroxylation is 2. The summed E-state index contributed by atoms with van der Waals surface area (Å²) in [6.45, 7) is 2.50. The Morgan fingerprint density at radius 1 is 1.17 bits per heavy atom. The Kier molecular flexibility index (Phi) is 5.33. The highest BCUT2D eigenvalue weighted by molar-refractivity contribution is 5.63. The van der Waals surface area contributed by atoms with Crippen molar-refractivity contribution in [3.05, 3.63) is 69.3 Å². The minimum atomic E-state index is -4.64. The first-order chi connectivity index (χ1) is 14.1. The van der Waals surface area contributed by atoms with Gasteiger partial charge in [-0.15, -0.1) is 0 Å². The molecule has 0 aliphatic heterocycles. The number of nitrogens with zero attached hydrogens (tertiary/aromatic N) is 5. The van der Waals surface area contributed by atoms with E-state index in [9.17, 15) is 23.3 Å². The van der Waals surface area contributed by atoms with Crippen molar-refractivity contribution < 1.29 is 22.8 Å². The molecule has 0 spiro atoms. The Morgan fingerprint density at radius 3 is 2.53 bits per heavy atom. The van der Waals surface area contributed by atoms with Gasteiger partial charge in [0.05, 0.1) is 21.9 Å². The van der Waals surface area contributed by atoms with Crippen LogP contribution in [0, 0.1) is 35.3 Å². The molecule has 11 heteroatoms. The summed E-state index contributed by atoms with van der Waals surface area (Å²) in [6.07, 6.45) is -1.89. The Balaban J connectivity index is 2.08. The fourth-order valence-electron chi connectivity index (χ4n) is 2.62. The summed E-state index contributed by atoms with van der Waals surface area (Å²) in [5.74, 6) is -0.527. The van der Waals surface area contributed by atoms with Crippen LogP contribution in [0.5, 0.6) is 11.6 Å². The van der Waals surface area contributed by atoms with E-state index in [1.54, 1.807) is 0 Å². The van der Waals surface area contributed by atoms with Crippen LogP contribution in [0.4, 0.5) is 18.9 Å². The number of hydrogen-bond donors (Lipinski definition) is 0. The zero-order chi connectivity index (χ0) is 22.1. The fourth-order valence-corrected chi connectivity index (χ4v) is 2.62. The van der Waals surface area contributed by atoms with Gasteiger partial charge in [0.2, 0.25) is 0 Å². The molecule has 152 valence electrons. The number of halogens is 3. The summed E-state index contributed by atoms with van der Waals surface area (Å²) in [4.78, 5) is 22.2. The fraction of sp³-hybridized carbons (Fsp3) is 0.158. The van der Waals surface area contributed by atoms with E-state index in [-0.39, 0.29) is 28.3 Å². The van der Waals surface area contributed by atoms with Crippen molar-refractivity contribution in [3.63, 3.8) is 0 Å². The number of ether oxygens (including phenoxy) is 1. The van der Waals surface area contributed by atoms with Gasteiger partial charge in [-0.05, 0) is 37.6 Å². The molecule has 3 heterocycles. The molecule has 3 rings (SSSR count). The lowest BCUT2D eigenvalue weighted by Crippen LogP contribution is -2.12. The van der Waals surface area contributed by atoms with Crippen LogP contribution in [0.15, 0.2) is 36.7 Å². The van der Waals surface area contributed by atoms with Gasteiger partial charge in [-0.2, -0.15) is 18.4 Å². The first kappa shape index (κ1) is 20.7. The zero-order valence-electron chi connectivity index (χ0n) is 15.6. The van der Waals surface area contributed by atoms with E-state index in [2.05, 4.69) is 15.0 Å². The average molecular weight is 415 g/mol. The first-order valence-electron chi connectivity index (χ1n) is 8.34. The molecule has 3 aromatic rings. The number of alkyl halides is 3.